The van der Waals surface area contributed by atoms with E-state index in [1.165, 1.54) is 11.3 Å². The van der Waals surface area contributed by atoms with Crippen LogP contribution in [0.4, 0.5) is 5.13 Å². The van der Waals surface area contributed by atoms with E-state index in [0.717, 1.165) is 39.3 Å². The first-order valence-electron chi connectivity index (χ1n) is 8.47. The van der Waals surface area contributed by atoms with Crippen molar-refractivity contribution in [3.63, 3.8) is 0 Å². The van der Waals surface area contributed by atoms with Crippen molar-refractivity contribution in [1.29, 1.82) is 0 Å². The summed E-state index contributed by atoms with van der Waals surface area (Å²) in [7, 11) is 0. The van der Waals surface area contributed by atoms with E-state index in [1.54, 1.807) is 0 Å². The lowest BCUT2D eigenvalue weighted by Crippen LogP contribution is -2.17. The number of nitrogens with zero attached hydrogens (tertiary/aromatic N) is 2. The Labute approximate surface area is 151 Å². The fourth-order valence-electron chi connectivity index (χ4n) is 3.06. The number of fused-ring (bicyclic) bond motifs is 1. The Morgan fingerprint density at radius 2 is 2.04 bits per heavy atom. The molecule has 1 N–H and O–H groups in total. The number of anilines is 1. The average Bonchev–Trinajstić information content (AvgIpc) is 3.04. The SMILES string of the molecule is CCOc1ccc2c(c1)c(C)c(C(=O)Nc1nc(C)c(C)s1)n2CC. The Bertz CT molecular complexity index is 920. The molecular weight excluding hydrogens is 334 g/mol. The fourth-order valence-corrected chi connectivity index (χ4v) is 3.87. The van der Waals surface area contributed by atoms with E-state index < -0.39 is 0 Å². The molecule has 0 unspecified atom stereocenters. The van der Waals surface area contributed by atoms with Crippen molar-refractivity contribution >= 4 is 33.3 Å². The molecule has 0 radical (unpaired) electrons. The summed E-state index contributed by atoms with van der Waals surface area (Å²) in [6.07, 6.45) is 0. The number of benzene rings is 1. The van der Waals surface area contributed by atoms with Gasteiger partial charge in [-0.3, -0.25) is 10.1 Å². The first kappa shape index (κ1) is 17.5. The van der Waals surface area contributed by atoms with Crippen molar-refractivity contribution in [1.82, 2.24) is 9.55 Å². The highest BCUT2D eigenvalue weighted by Gasteiger charge is 2.21. The van der Waals surface area contributed by atoms with Crippen molar-refractivity contribution in [3.8, 4) is 5.75 Å². The van der Waals surface area contributed by atoms with E-state index in [9.17, 15) is 4.79 Å². The van der Waals surface area contributed by atoms with Crippen molar-refractivity contribution < 1.29 is 9.53 Å². The number of thiazole rings is 1. The van der Waals surface area contributed by atoms with E-state index >= 15 is 0 Å². The Morgan fingerprint density at radius 3 is 2.64 bits per heavy atom. The van der Waals surface area contributed by atoms with Crippen LogP contribution in [0.15, 0.2) is 18.2 Å². The molecule has 0 fully saturated rings. The molecule has 6 heteroatoms. The maximum atomic E-state index is 12.9. The minimum atomic E-state index is -0.123. The lowest BCUT2D eigenvalue weighted by atomic mass is 10.1. The van der Waals surface area contributed by atoms with Gasteiger partial charge in [-0.1, -0.05) is 0 Å². The number of aryl methyl sites for hydroxylation is 4. The number of hydrogen-bond donors (Lipinski definition) is 1. The molecule has 1 aromatic carbocycles. The lowest BCUT2D eigenvalue weighted by molar-refractivity contribution is 0.101. The van der Waals surface area contributed by atoms with Gasteiger partial charge in [0, 0.05) is 22.3 Å². The number of rotatable bonds is 5. The molecule has 0 spiro atoms. The van der Waals surface area contributed by atoms with Crippen LogP contribution in [-0.2, 0) is 6.54 Å². The third kappa shape index (κ3) is 3.14. The van der Waals surface area contributed by atoms with Crippen molar-refractivity contribution in [2.45, 2.75) is 41.2 Å². The van der Waals surface area contributed by atoms with Gasteiger partial charge in [0.2, 0.25) is 0 Å². The molecule has 0 bridgehead atoms. The van der Waals surface area contributed by atoms with Gasteiger partial charge in [0.05, 0.1) is 12.3 Å². The zero-order valence-corrected chi connectivity index (χ0v) is 16.1. The van der Waals surface area contributed by atoms with Gasteiger partial charge in [-0.05, 0) is 58.4 Å². The lowest BCUT2D eigenvalue weighted by Gasteiger charge is -2.08. The van der Waals surface area contributed by atoms with Crippen molar-refractivity contribution in [3.05, 3.63) is 40.0 Å². The van der Waals surface area contributed by atoms with E-state index in [-0.39, 0.29) is 5.91 Å². The quantitative estimate of drug-likeness (QED) is 0.720. The van der Waals surface area contributed by atoms with E-state index in [2.05, 4.69) is 10.3 Å². The molecule has 25 heavy (non-hydrogen) atoms. The second-order valence-corrected chi connectivity index (χ2v) is 7.15. The smallest absolute Gasteiger partial charge is 0.274 e. The van der Waals surface area contributed by atoms with Crippen LogP contribution < -0.4 is 10.1 Å². The molecule has 0 saturated carbocycles. The Kier molecular flexibility index (Phi) is 4.81. The highest BCUT2D eigenvalue weighted by Crippen LogP contribution is 2.30. The minimum absolute atomic E-state index is 0.123. The van der Waals surface area contributed by atoms with Gasteiger partial charge < -0.3 is 9.30 Å². The predicted octanol–water partition coefficient (Wildman–Crippen LogP) is 4.69. The third-order valence-corrected chi connectivity index (χ3v) is 5.37. The van der Waals surface area contributed by atoms with Crippen LogP contribution >= 0.6 is 11.3 Å². The molecule has 0 saturated heterocycles. The van der Waals surface area contributed by atoms with Crippen LogP contribution in [0.1, 0.15) is 40.5 Å². The van der Waals surface area contributed by atoms with Crippen LogP contribution in [-0.4, -0.2) is 22.1 Å². The molecule has 0 atom stereocenters. The van der Waals surface area contributed by atoms with Crippen molar-refractivity contribution in [2.75, 3.05) is 11.9 Å². The van der Waals surface area contributed by atoms with Gasteiger partial charge in [-0.25, -0.2) is 4.98 Å². The molecule has 3 aromatic rings. The summed E-state index contributed by atoms with van der Waals surface area (Å²) in [6, 6.07) is 5.98. The molecule has 1 amide bonds. The molecule has 3 rings (SSSR count). The molecular formula is C19H23N3O2S. The molecule has 2 aromatic heterocycles. The zero-order valence-electron chi connectivity index (χ0n) is 15.3. The van der Waals surface area contributed by atoms with Gasteiger partial charge >= 0.3 is 0 Å². The third-order valence-electron chi connectivity index (χ3n) is 4.38. The Morgan fingerprint density at radius 1 is 1.28 bits per heavy atom. The number of carbonyl (C=O) groups is 1. The molecule has 0 aliphatic heterocycles. The summed E-state index contributed by atoms with van der Waals surface area (Å²) < 4.78 is 7.65. The van der Waals surface area contributed by atoms with Crippen LogP contribution in [0.5, 0.6) is 5.75 Å². The molecule has 0 aliphatic rings. The second-order valence-electron chi connectivity index (χ2n) is 5.94. The normalized spacial score (nSPS) is 11.1. The number of ether oxygens (including phenoxy) is 1. The van der Waals surface area contributed by atoms with Crippen LogP contribution in [0.3, 0.4) is 0 Å². The summed E-state index contributed by atoms with van der Waals surface area (Å²) in [6.45, 7) is 11.3. The predicted molar refractivity (Wildman–Crippen MR) is 103 cm³/mol. The standard InChI is InChI=1S/C19H23N3O2S/c1-6-22-16-9-8-14(24-7-2)10-15(16)11(3)17(22)18(23)21-19-20-12(4)13(5)25-19/h8-10H,6-7H2,1-5H3,(H,20,21,23). The Hall–Kier alpha value is -2.34. The van der Waals surface area contributed by atoms with Crippen LogP contribution in [0, 0.1) is 20.8 Å². The molecule has 132 valence electrons. The summed E-state index contributed by atoms with van der Waals surface area (Å²) in [4.78, 5) is 18.4. The van der Waals surface area contributed by atoms with Crippen LogP contribution in [0.25, 0.3) is 10.9 Å². The van der Waals surface area contributed by atoms with Crippen molar-refractivity contribution in [2.24, 2.45) is 0 Å². The fraction of sp³-hybridized carbons (Fsp3) is 0.368. The average molecular weight is 357 g/mol. The second kappa shape index (κ2) is 6.88. The number of nitrogens with one attached hydrogen (secondary N) is 1. The number of carbonyl (C=O) groups excluding carboxylic acids is 1. The number of hydrogen-bond acceptors (Lipinski definition) is 4. The number of amides is 1. The van der Waals surface area contributed by atoms with Crippen LogP contribution in [0.2, 0.25) is 0 Å². The molecule has 5 nitrogen and oxygen atoms in total. The number of aromatic nitrogens is 2. The highest BCUT2D eigenvalue weighted by molar-refractivity contribution is 7.15. The van der Waals surface area contributed by atoms with E-state index in [1.807, 2.05) is 57.4 Å². The maximum absolute atomic E-state index is 12.9. The van der Waals surface area contributed by atoms with Gasteiger partial charge in [0.15, 0.2) is 5.13 Å². The monoisotopic (exact) mass is 357 g/mol. The molecule has 0 aliphatic carbocycles. The van der Waals surface area contributed by atoms with E-state index in [4.69, 9.17) is 4.74 Å². The summed E-state index contributed by atoms with van der Waals surface area (Å²) in [5.41, 5.74) is 3.63. The summed E-state index contributed by atoms with van der Waals surface area (Å²) >= 11 is 1.50. The maximum Gasteiger partial charge on any atom is 0.274 e. The largest absolute Gasteiger partial charge is 0.494 e. The zero-order chi connectivity index (χ0) is 18.1. The van der Waals surface area contributed by atoms with Gasteiger partial charge in [0.1, 0.15) is 11.4 Å². The first-order chi connectivity index (χ1) is 12.0. The van der Waals surface area contributed by atoms with E-state index in [0.29, 0.717) is 17.4 Å². The summed E-state index contributed by atoms with van der Waals surface area (Å²) in [5, 5.41) is 4.64. The minimum Gasteiger partial charge on any atom is -0.494 e. The van der Waals surface area contributed by atoms with Gasteiger partial charge in [-0.15, -0.1) is 11.3 Å². The first-order valence-corrected chi connectivity index (χ1v) is 9.28. The summed E-state index contributed by atoms with van der Waals surface area (Å²) in [5.74, 6) is 0.701. The highest BCUT2D eigenvalue weighted by atomic mass is 32.1. The Balaban J connectivity index is 2.04. The van der Waals surface area contributed by atoms with Gasteiger partial charge in [0.25, 0.3) is 5.91 Å². The van der Waals surface area contributed by atoms with Gasteiger partial charge in [-0.2, -0.15) is 0 Å². The topological polar surface area (TPSA) is 56.1 Å². The molecule has 2 heterocycles.